The third-order valence-corrected chi connectivity index (χ3v) is 3.83. The van der Waals surface area contributed by atoms with E-state index in [1.165, 1.54) is 13.3 Å². The van der Waals surface area contributed by atoms with Crippen LogP contribution < -0.4 is 5.73 Å². The summed E-state index contributed by atoms with van der Waals surface area (Å²) < 4.78 is 4.71. The summed E-state index contributed by atoms with van der Waals surface area (Å²) in [6.45, 7) is 3.29. The maximum absolute atomic E-state index is 11.7. The minimum atomic E-state index is -0.993. The number of esters is 1. The number of hydrogen-bond donors (Lipinski definition) is 1. The largest absolute Gasteiger partial charge is 0.469 e. The van der Waals surface area contributed by atoms with Crippen LogP contribution in [0.4, 0.5) is 0 Å². The van der Waals surface area contributed by atoms with Crippen LogP contribution in [-0.2, 0) is 9.53 Å². The summed E-state index contributed by atoms with van der Waals surface area (Å²) in [7, 11) is 1.29. The first-order valence-electron chi connectivity index (χ1n) is 5.06. The number of carbonyl (C=O) groups excluding carboxylic acids is 1. The predicted octanol–water partition coefficient (Wildman–Crippen LogP) is 3.24. The second-order valence-corrected chi connectivity index (χ2v) is 5.46. The molecule has 1 aromatic rings. The third kappa shape index (κ3) is 2.72. The van der Waals surface area contributed by atoms with E-state index >= 15 is 0 Å². The second-order valence-electron chi connectivity index (χ2n) is 4.32. The highest BCUT2D eigenvalue weighted by Crippen LogP contribution is 2.41. The van der Waals surface area contributed by atoms with Crippen LogP contribution in [0.1, 0.15) is 25.5 Å². The van der Waals surface area contributed by atoms with Crippen molar-refractivity contribution in [1.82, 2.24) is 4.98 Å². The topological polar surface area (TPSA) is 65.2 Å². The Hall–Kier alpha value is -0.550. The average Bonchev–Trinajstić information content (AvgIpc) is 2.33. The van der Waals surface area contributed by atoms with E-state index in [4.69, 9.17) is 45.3 Å². The number of hydrogen-bond acceptors (Lipinski definition) is 4. The molecule has 0 aliphatic carbocycles. The van der Waals surface area contributed by atoms with E-state index < -0.39 is 17.4 Å². The molecule has 18 heavy (non-hydrogen) atoms. The molecule has 0 amide bonds. The van der Waals surface area contributed by atoms with Gasteiger partial charge in [-0.2, -0.15) is 0 Å². The molecule has 0 aromatic carbocycles. The Morgan fingerprint density at radius 1 is 1.44 bits per heavy atom. The van der Waals surface area contributed by atoms with Crippen molar-refractivity contribution in [3.8, 4) is 0 Å². The molecule has 0 saturated carbocycles. The number of pyridine rings is 1. The van der Waals surface area contributed by atoms with Crippen LogP contribution in [0, 0.1) is 5.41 Å². The number of aromatic nitrogens is 1. The molecule has 1 atom stereocenters. The van der Waals surface area contributed by atoms with Crippen molar-refractivity contribution in [1.29, 1.82) is 0 Å². The molecular formula is C11H13Cl3N2O2. The Morgan fingerprint density at radius 3 is 2.50 bits per heavy atom. The Bertz CT molecular complexity index is 478. The van der Waals surface area contributed by atoms with Crippen molar-refractivity contribution >= 4 is 40.8 Å². The normalized spacial score (nSPS) is 13.3. The lowest BCUT2D eigenvalue weighted by molar-refractivity contribution is -0.152. The zero-order valence-electron chi connectivity index (χ0n) is 10.1. The minimum Gasteiger partial charge on any atom is -0.469 e. The lowest BCUT2D eigenvalue weighted by Crippen LogP contribution is -2.37. The molecule has 0 unspecified atom stereocenters. The fourth-order valence-electron chi connectivity index (χ4n) is 1.49. The van der Waals surface area contributed by atoms with Crippen LogP contribution in [0.3, 0.4) is 0 Å². The fourth-order valence-corrected chi connectivity index (χ4v) is 2.22. The van der Waals surface area contributed by atoms with E-state index in [0.29, 0.717) is 5.56 Å². The van der Waals surface area contributed by atoms with E-state index in [2.05, 4.69) is 4.98 Å². The highest BCUT2D eigenvalue weighted by Gasteiger charge is 2.39. The average molecular weight is 312 g/mol. The first kappa shape index (κ1) is 15.5. The van der Waals surface area contributed by atoms with Crippen molar-refractivity contribution in [2.24, 2.45) is 11.1 Å². The third-order valence-electron chi connectivity index (χ3n) is 2.77. The molecular weight excluding hydrogens is 298 g/mol. The molecule has 0 radical (unpaired) electrons. The van der Waals surface area contributed by atoms with Crippen LogP contribution in [0.5, 0.6) is 0 Å². The summed E-state index contributed by atoms with van der Waals surface area (Å²) in [5.41, 5.74) is 5.45. The Morgan fingerprint density at radius 2 is 2.00 bits per heavy atom. The molecule has 1 heterocycles. The molecule has 1 aromatic heterocycles. The lowest BCUT2D eigenvalue weighted by atomic mass is 9.81. The number of halogens is 3. The van der Waals surface area contributed by atoms with Gasteiger partial charge in [-0.1, -0.05) is 34.8 Å². The van der Waals surface area contributed by atoms with Crippen molar-refractivity contribution in [3.63, 3.8) is 0 Å². The van der Waals surface area contributed by atoms with Gasteiger partial charge in [0.15, 0.2) is 0 Å². The fraction of sp³-hybridized carbons (Fsp3) is 0.455. The zero-order valence-corrected chi connectivity index (χ0v) is 12.4. The lowest BCUT2D eigenvalue weighted by Gasteiger charge is -2.30. The quantitative estimate of drug-likeness (QED) is 0.687. The predicted molar refractivity (Wildman–Crippen MR) is 72.0 cm³/mol. The van der Waals surface area contributed by atoms with Crippen LogP contribution in [0.25, 0.3) is 0 Å². The van der Waals surface area contributed by atoms with E-state index in [1.54, 1.807) is 13.8 Å². The van der Waals surface area contributed by atoms with Gasteiger partial charge in [0.05, 0.1) is 22.6 Å². The second kappa shape index (κ2) is 5.61. The number of nitrogens with zero attached hydrogens (tertiary/aromatic N) is 1. The van der Waals surface area contributed by atoms with E-state index in [1.807, 2.05) is 0 Å². The number of nitrogens with two attached hydrogens (primary N) is 1. The number of carbonyl (C=O) groups is 1. The van der Waals surface area contributed by atoms with Crippen LogP contribution in [0.2, 0.25) is 15.2 Å². The van der Waals surface area contributed by atoms with Gasteiger partial charge in [-0.25, -0.2) is 4.98 Å². The molecule has 0 spiro atoms. The maximum atomic E-state index is 11.7. The van der Waals surface area contributed by atoms with E-state index in [9.17, 15) is 4.79 Å². The smallest absolute Gasteiger partial charge is 0.313 e. The highest BCUT2D eigenvalue weighted by molar-refractivity contribution is 6.43. The molecule has 0 saturated heterocycles. The van der Waals surface area contributed by atoms with Gasteiger partial charge >= 0.3 is 5.97 Å². The Balaban J connectivity index is 3.31. The van der Waals surface area contributed by atoms with Crippen LogP contribution >= 0.6 is 34.8 Å². The molecule has 0 aliphatic rings. The molecule has 0 aliphatic heterocycles. The summed E-state index contributed by atoms with van der Waals surface area (Å²) in [5, 5.41) is 0.495. The maximum Gasteiger partial charge on any atom is 0.313 e. The highest BCUT2D eigenvalue weighted by atomic mass is 35.5. The van der Waals surface area contributed by atoms with Gasteiger partial charge in [0.1, 0.15) is 5.15 Å². The van der Waals surface area contributed by atoms with Crippen molar-refractivity contribution < 1.29 is 9.53 Å². The van der Waals surface area contributed by atoms with Crippen molar-refractivity contribution in [2.75, 3.05) is 7.11 Å². The van der Waals surface area contributed by atoms with Crippen LogP contribution in [-0.4, -0.2) is 18.1 Å². The van der Waals surface area contributed by atoms with E-state index in [-0.39, 0.29) is 15.2 Å². The van der Waals surface area contributed by atoms with Gasteiger partial charge in [0.25, 0.3) is 0 Å². The number of methoxy groups -OCH3 is 1. The summed E-state index contributed by atoms with van der Waals surface area (Å²) in [6.07, 6.45) is 1.35. The van der Waals surface area contributed by atoms with Gasteiger partial charge in [0, 0.05) is 17.8 Å². The Kier molecular flexibility index (Phi) is 4.84. The first-order chi connectivity index (χ1) is 8.23. The van der Waals surface area contributed by atoms with Crippen molar-refractivity contribution in [2.45, 2.75) is 19.9 Å². The van der Waals surface area contributed by atoms with E-state index in [0.717, 1.165) is 0 Å². The zero-order chi connectivity index (χ0) is 14.1. The summed E-state index contributed by atoms with van der Waals surface area (Å²) in [6, 6.07) is -0.759. The molecule has 1 rings (SSSR count). The Labute approximate surface area is 120 Å². The number of rotatable bonds is 3. The SMILES string of the molecule is COC(=O)C(C)(C)[C@@H](N)c1c(Cl)cnc(Cl)c1Cl. The molecule has 0 fully saturated rings. The summed E-state index contributed by atoms with van der Waals surface area (Å²) in [4.78, 5) is 15.5. The van der Waals surface area contributed by atoms with Gasteiger partial charge < -0.3 is 10.5 Å². The molecule has 4 nitrogen and oxygen atoms in total. The van der Waals surface area contributed by atoms with Gasteiger partial charge in [-0.15, -0.1) is 0 Å². The van der Waals surface area contributed by atoms with Gasteiger partial charge in [0.2, 0.25) is 0 Å². The summed E-state index contributed by atoms with van der Waals surface area (Å²) in [5.74, 6) is -0.463. The van der Waals surface area contributed by atoms with Gasteiger partial charge in [-0.05, 0) is 13.8 Å². The molecule has 0 bridgehead atoms. The van der Waals surface area contributed by atoms with Crippen molar-refractivity contribution in [3.05, 3.63) is 27.0 Å². The monoisotopic (exact) mass is 310 g/mol. The van der Waals surface area contributed by atoms with Gasteiger partial charge in [-0.3, -0.25) is 4.79 Å². The minimum absolute atomic E-state index is 0.0900. The first-order valence-corrected chi connectivity index (χ1v) is 6.20. The number of ether oxygens (including phenoxy) is 1. The standard InChI is InChI=1S/C11H13Cl3N2O2/c1-11(2,10(17)18-3)8(15)6-5(12)4-16-9(14)7(6)13/h4,8H,15H2,1-3H3/t8-/m0/s1. The van der Waals surface area contributed by atoms with Crippen LogP contribution in [0.15, 0.2) is 6.20 Å². The molecule has 7 heteroatoms. The molecule has 100 valence electrons. The summed E-state index contributed by atoms with van der Waals surface area (Å²) >= 11 is 17.9. The molecule has 2 N–H and O–H groups in total.